The number of anilines is 1. The molecule has 0 spiro atoms. The smallest absolute Gasteiger partial charge is 0.170 e. The Morgan fingerprint density at radius 2 is 2.44 bits per heavy atom. The third-order valence-electron chi connectivity index (χ3n) is 3.22. The molecule has 0 saturated carbocycles. The molecule has 0 bridgehead atoms. The quantitative estimate of drug-likeness (QED) is 0.756. The summed E-state index contributed by atoms with van der Waals surface area (Å²) in [5.41, 5.74) is 0.536. The van der Waals surface area contributed by atoms with E-state index in [9.17, 15) is 4.39 Å². The molecule has 88 valence electrons. The standard InChI is InChI=1S/C12H16ClFN2/c1-2-10-4-3-7-16(10)12-11(14)9(8-13)5-6-15-12/h5-6,10H,2-4,7-8H2,1H3. The maximum atomic E-state index is 14.0. The van der Waals surface area contributed by atoms with Crippen molar-refractivity contribution in [2.45, 2.75) is 38.1 Å². The van der Waals surface area contributed by atoms with Crippen LogP contribution in [0.25, 0.3) is 0 Å². The molecule has 2 nitrogen and oxygen atoms in total. The molecule has 1 aliphatic heterocycles. The summed E-state index contributed by atoms with van der Waals surface area (Å²) in [6.07, 6.45) is 4.92. The molecule has 1 saturated heterocycles. The molecule has 1 atom stereocenters. The highest BCUT2D eigenvalue weighted by atomic mass is 35.5. The summed E-state index contributed by atoms with van der Waals surface area (Å²) in [6.45, 7) is 3.03. The summed E-state index contributed by atoms with van der Waals surface area (Å²) in [5.74, 6) is 0.423. The lowest BCUT2D eigenvalue weighted by Crippen LogP contribution is -2.30. The van der Waals surface area contributed by atoms with Gasteiger partial charge in [-0.25, -0.2) is 9.37 Å². The third kappa shape index (κ3) is 2.01. The number of nitrogens with zero attached hydrogens (tertiary/aromatic N) is 2. The van der Waals surface area contributed by atoms with Gasteiger partial charge in [-0.05, 0) is 25.3 Å². The predicted molar refractivity (Wildman–Crippen MR) is 64.4 cm³/mol. The number of alkyl halides is 1. The second-order valence-corrected chi connectivity index (χ2v) is 4.41. The zero-order valence-electron chi connectivity index (χ0n) is 9.42. The van der Waals surface area contributed by atoms with Crippen molar-refractivity contribution in [2.75, 3.05) is 11.4 Å². The number of aromatic nitrogens is 1. The molecule has 1 aromatic rings. The zero-order chi connectivity index (χ0) is 11.5. The molecular weight excluding hydrogens is 227 g/mol. The fraction of sp³-hybridized carbons (Fsp3) is 0.583. The first-order chi connectivity index (χ1) is 7.77. The van der Waals surface area contributed by atoms with E-state index in [0.717, 1.165) is 25.8 Å². The zero-order valence-corrected chi connectivity index (χ0v) is 10.2. The summed E-state index contributed by atoms with van der Waals surface area (Å²) in [4.78, 5) is 6.23. The van der Waals surface area contributed by atoms with Gasteiger partial charge in [-0.2, -0.15) is 0 Å². The van der Waals surface area contributed by atoms with Crippen molar-refractivity contribution >= 4 is 17.4 Å². The fourth-order valence-corrected chi connectivity index (χ4v) is 2.52. The van der Waals surface area contributed by atoms with Crippen LogP contribution >= 0.6 is 11.6 Å². The van der Waals surface area contributed by atoms with Gasteiger partial charge in [-0.3, -0.25) is 0 Å². The van der Waals surface area contributed by atoms with E-state index in [2.05, 4.69) is 16.8 Å². The van der Waals surface area contributed by atoms with E-state index in [1.165, 1.54) is 0 Å². The second-order valence-electron chi connectivity index (χ2n) is 4.14. The van der Waals surface area contributed by atoms with Crippen molar-refractivity contribution in [1.82, 2.24) is 4.98 Å². The van der Waals surface area contributed by atoms with E-state index in [0.29, 0.717) is 17.4 Å². The first-order valence-electron chi connectivity index (χ1n) is 5.74. The molecular formula is C12H16ClFN2. The topological polar surface area (TPSA) is 16.1 Å². The predicted octanol–water partition coefficient (Wildman–Crippen LogP) is 3.34. The minimum Gasteiger partial charge on any atom is -0.351 e. The van der Waals surface area contributed by atoms with Gasteiger partial charge in [-0.1, -0.05) is 6.92 Å². The minimum atomic E-state index is -0.252. The SMILES string of the molecule is CCC1CCCN1c1nccc(CCl)c1F. The molecule has 1 fully saturated rings. The lowest BCUT2D eigenvalue weighted by Gasteiger charge is -2.25. The number of hydrogen-bond donors (Lipinski definition) is 0. The molecule has 0 amide bonds. The highest BCUT2D eigenvalue weighted by Gasteiger charge is 2.26. The highest BCUT2D eigenvalue weighted by molar-refractivity contribution is 6.17. The lowest BCUT2D eigenvalue weighted by atomic mass is 10.1. The van der Waals surface area contributed by atoms with Gasteiger partial charge in [0, 0.05) is 24.3 Å². The van der Waals surface area contributed by atoms with E-state index >= 15 is 0 Å². The van der Waals surface area contributed by atoms with E-state index < -0.39 is 0 Å². The van der Waals surface area contributed by atoms with Crippen LogP contribution < -0.4 is 4.90 Å². The molecule has 4 heteroatoms. The second kappa shape index (κ2) is 5.00. The van der Waals surface area contributed by atoms with Crippen LogP contribution in [0.2, 0.25) is 0 Å². The average Bonchev–Trinajstić information content (AvgIpc) is 2.77. The Balaban J connectivity index is 2.32. The van der Waals surface area contributed by atoms with Crippen molar-refractivity contribution in [2.24, 2.45) is 0 Å². The highest BCUT2D eigenvalue weighted by Crippen LogP contribution is 2.29. The normalized spacial score (nSPS) is 20.4. The van der Waals surface area contributed by atoms with Crippen molar-refractivity contribution < 1.29 is 4.39 Å². The van der Waals surface area contributed by atoms with Crippen LogP contribution in [0.3, 0.4) is 0 Å². The number of rotatable bonds is 3. The van der Waals surface area contributed by atoms with Gasteiger partial charge in [0.1, 0.15) is 0 Å². The molecule has 2 rings (SSSR count). The van der Waals surface area contributed by atoms with E-state index in [1.54, 1.807) is 12.3 Å². The Bertz CT molecular complexity index is 370. The van der Waals surface area contributed by atoms with Crippen LogP contribution in [0.15, 0.2) is 12.3 Å². The molecule has 1 aliphatic rings. The van der Waals surface area contributed by atoms with Gasteiger partial charge < -0.3 is 4.90 Å². The Morgan fingerprint density at radius 1 is 1.62 bits per heavy atom. The molecule has 0 aliphatic carbocycles. The Morgan fingerprint density at radius 3 is 3.12 bits per heavy atom. The maximum absolute atomic E-state index is 14.0. The van der Waals surface area contributed by atoms with Crippen LogP contribution in [-0.4, -0.2) is 17.6 Å². The molecule has 2 heterocycles. The van der Waals surface area contributed by atoms with Crippen LogP contribution in [0.4, 0.5) is 10.2 Å². The fourth-order valence-electron chi connectivity index (χ4n) is 2.31. The van der Waals surface area contributed by atoms with Gasteiger partial charge in [0.15, 0.2) is 11.6 Å². The Labute approximate surface area is 100 Å². The average molecular weight is 243 g/mol. The molecule has 1 unspecified atom stereocenters. The van der Waals surface area contributed by atoms with Crippen LogP contribution in [0.1, 0.15) is 31.7 Å². The molecule has 0 N–H and O–H groups in total. The van der Waals surface area contributed by atoms with E-state index in [-0.39, 0.29) is 11.7 Å². The molecule has 0 aromatic carbocycles. The van der Waals surface area contributed by atoms with Gasteiger partial charge >= 0.3 is 0 Å². The third-order valence-corrected chi connectivity index (χ3v) is 3.50. The van der Waals surface area contributed by atoms with Crippen molar-refractivity contribution in [1.29, 1.82) is 0 Å². The van der Waals surface area contributed by atoms with Gasteiger partial charge in [0.05, 0.1) is 5.88 Å². The summed E-state index contributed by atoms with van der Waals surface area (Å²) < 4.78 is 14.0. The first-order valence-corrected chi connectivity index (χ1v) is 6.27. The summed E-state index contributed by atoms with van der Waals surface area (Å²) in [7, 11) is 0. The Kier molecular flexibility index (Phi) is 3.64. The number of hydrogen-bond acceptors (Lipinski definition) is 2. The van der Waals surface area contributed by atoms with Gasteiger partial charge in [-0.15, -0.1) is 11.6 Å². The number of pyridine rings is 1. The van der Waals surface area contributed by atoms with Crippen LogP contribution in [0.5, 0.6) is 0 Å². The minimum absolute atomic E-state index is 0.200. The first kappa shape index (κ1) is 11.6. The van der Waals surface area contributed by atoms with Crippen molar-refractivity contribution in [3.63, 3.8) is 0 Å². The van der Waals surface area contributed by atoms with Crippen molar-refractivity contribution in [3.8, 4) is 0 Å². The van der Waals surface area contributed by atoms with Crippen molar-refractivity contribution in [3.05, 3.63) is 23.6 Å². The molecule has 16 heavy (non-hydrogen) atoms. The Hall–Kier alpha value is -0.830. The van der Waals surface area contributed by atoms with Gasteiger partial charge in [0.2, 0.25) is 0 Å². The van der Waals surface area contributed by atoms with E-state index in [4.69, 9.17) is 11.6 Å². The maximum Gasteiger partial charge on any atom is 0.170 e. The van der Waals surface area contributed by atoms with E-state index in [1.807, 2.05) is 0 Å². The lowest BCUT2D eigenvalue weighted by molar-refractivity contribution is 0.581. The van der Waals surface area contributed by atoms with Crippen LogP contribution in [0, 0.1) is 5.82 Å². The number of halogens is 2. The van der Waals surface area contributed by atoms with Gasteiger partial charge in [0.25, 0.3) is 0 Å². The molecule has 0 radical (unpaired) electrons. The molecule has 1 aromatic heterocycles. The van der Waals surface area contributed by atoms with Crippen LogP contribution in [-0.2, 0) is 5.88 Å². The monoisotopic (exact) mass is 242 g/mol. The largest absolute Gasteiger partial charge is 0.351 e. The summed E-state index contributed by atoms with van der Waals surface area (Å²) >= 11 is 5.69. The summed E-state index contributed by atoms with van der Waals surface area (Å²) in [5, 5.41) is 0. The summed E-state index contributed by atoms with van der Waals surface area (Å²) in [6, 6.07) is 2.07.